The molecule has 13 heavy (non-hydrogen) atoms. The van der Waals surface area contributed by atoms with Gasteiger partial charge in [0.15, 0.2) is 0 Å². The second-order valence-electron chi connectivity index (χ2n) is 3.97. The summed E-state index contributed by atoms with van der Waals surface area (Å²) in [7, 11) is 0. The summed E-state index contributed by atoms with van der Waals surface area (Å²) in [4.78, 5) is 10.6. The molecule has 1 rings (SSSR count). The van der Waals surface area contributed by atoms with E-state index in [2.05, 4.69) is 13.8 Å². The summed E-state index contributed by atoms with van der Waals surface area (Å²) >= 11 is 0. The van der Waals surface area contributed by atoms with Gasteiger partial charge in [0.2, 0.25) is 0 Å². The zero-order chi connectivity index (χ0) is 9.68. The van der Waals surface area contributed by atoms with Gasteiger partial charge in [0.1, 0.15) is 12.4 Å². The van der Waals surface area contributed by atoms with Gasteiger partial charge in [-0.25, -0.2) is 0 Å². The van der Waals surface area contributed by atoms with E-state index in [9.17, 15) is 4.79 Å². The Morgan fingerprint density at radius 2 is 2.15 bits per heavy atom. The highest BCUT2D eigenvalue weighted by molar-refractivity contribution is 5.56. The van der Waals surface area contributed by atoms with Gasteiger partial charge in [0, 0.05) is 0 Å². The van der Waals surface area contributed by atoms with Gasteiger partial charge in [-0.1, -0.05) is 26.7 Å². The molecule has 2 heteroatoms. The predicted octanol–water partition coefficient (Wildman–Crippen LogP) is 2.56. The molecule has 3 unspecified atom stereocenters. The van der Waals surface area contributed by atoms with E-state index in [0.29, 0.717) is 12.0 Å². The maximum Gasteiger partial charge on any atom is 0.148 e. The summed E-state index contributed by atoms with van der Waals surface area (Å²) in [6.45, 7) is 4.33. The summed E-state index contributed by atoms with van der Waals surface area (Å²) in [6, 6.07) is 0. The molecule has 0 aliphatic carbocycles. The van der Waals surface area contributed by atoms with Crippen LogP contribution >= 0.6 is 0 Å². The van der Waals surface area contributed by atoms with Gasteiger partial charge in [-0.15, -0.1) is 0 Å². The third kappa shape index (κ3) is 3.11. The first-order valence-electron chi connectivity index (χ1n) is 5.40. The van der Waals surface area contributed by atoms with Crippen molar-refractivity contribution in [1.29, 1.82) is 0 Å². The van der Waals surface area contributed by atoms with Crippen molar-refractivity contribution in [2.75, 3.05) is 0 Å². The molecule has 0 bridgehead atoms. The second kappa shape index (κ2) is 5.38. The zero-order valence-corrected chi connectivity index (χ0v) is 8.66. The molecule has 76 valence electrons. The van der Waals surface area contributed by atoms with Crippen LogP contribution in [0.3, 0.4) is 0 Å². The number of carbonyl (C=O) groups is 1. The van der Waals surface area contributed by atoms with E-state index in [1.54, 1.807) is 0 Å². The van der Waals surface area contributed by atoms with E-state index in [4.69, 9.17) is 4.74 Å². The van der Waals surface area contributed by atoms with Gasteiger partial charge in [-0.05, 0) is 25.2 Å². The maximum atomic E-state index is 10.6. The third-order valence-corrected chi connectivity index (χ3v) is 2.83. The molecule has 0 N–H and O–H groups in total. The fourth-order valence-electron chi connectivity index (χ4n) is 2.15. The van der Waals surface area contributed by atoms with Crippen LogP contribution in [0.5, 0.6) is 0 Å². The number of rotatable bonds is 4. The molecule has 2 nitrogen and oxygen atoms in total. The Balaban J connectivity index is 2.43. The summed E-state index contributed by atoms with van der Waals surface area (Å²) < 4.78 is 5.59. The number of aldehydes is 1. The minimum absolute atomic E-state index is 0.129. The Hall–Kier alpha value is -0.370. The Morgan fingerprint density at radius 3 is 2.69 bits per heavy atom. The molecule has 0 radical (unpaired) electrons. The quantitative estimate of drug-likeness (QED) is 0.628. The smallest absolute Gasteiger partial charge is 0.148 e. The zero-order valence-electron chi connectivity index (χ0n) is 8.66. The first-order valence-corrected chi connectivity index (χ1v) is 5.40. The lowest BCUT2D eigenvalue weighted by molar-refractivity contribution is -0.130. The molecule has 3 atom stereocenters. The lowest BCUT2D eigenvalue weighted by Crippen LogP contribution is -2.33. The Morgan fingerprint density at radius 1 is 1.38 bits per heavy atom. The average Bonchev–Trinajstić information content (AvgIpc) is 2.17. The molecule has 0 saturated carbocycles. The lowest BCUT2D eigenvalue weighted by Gasteiger charge is -2.32. The second-order valence-corrected chi connectivity index (χ2v) is 3.97. The van der Waals surface area contributed by atoms with E-state index >= 15 is 0 Å². The molecule has 0 aromatic heterocycles. The van der Waals surface area contributed by atoms with Crippen molar-refractivity contribution in [3.05, 3.63) is 0 Å². The fraction of sp³-hybridized carbons (Fsp3) is 0.909. The fourth-order valence-corrected chi connectivity index (χ4v) is 2.15. The van der Waals surface area contributed by atoms with Gasteiger partial charge in [-0.2, -0.15) is 0 Å². The molecule has 1 saturated heterocycles. The van der Waals surface area contributed by atoms with Crippen molar-refractivity contribution in [2.24, 2.45) is 5.92 Å². The van der Waals surface area contributed by atoms with Crippen LogP contribution in [-0.4, -0.2) is 18.5 Å². The van der Waals surface area contributed by atoms with E-state index in [0.717, 1.165) is 25.5 Å². The van der Waals surface area contributed by atoms with Crippen molar-refractivity contribution in [3.8, 4) is 0 Å². The number of ether oxygens (including phenoxy) is 1. The van der Waals surface area contributed by atoms with Crippen molar-refractivity contribution >= 4 is 6.29 Å². The molecule has 0 amide bonds. The highest BCUT2D eigenvalue weighted by Crippen LogP contribution is 2.28. The first kappa shape index (κ1) is 10.7. The number of hydrogen-bond donors (Lipinski definition) is 0. The minimum atomic E-state index is -0.129. The Kier molecular flexibility index (Phi) is 4.43. The van der Waals surface area contributed by atoms with Crippen LogP contribution in [0, 0.1) is 5.92 Å². The number of hydrogen-bond acceptors (Lipinski definition) is 2. The Labute approximate surface area is 80.7 Å². The van der Waals surface area contributed by atoms with Crippen LogP contribution in [0.15, 0.2) is 0 Å². The van der Waals surface area contributed by atoms with Gasteiger partial charge in [0.05, 0.1) is 6.10 Å². The van der Waals surface area contributed by atoms with Crippen molar-refractivity contribution in [2.45, 2.75) is 58.2 Å². The van der Waals surface area contributed by atoms with Crippen LogP contribution in [0.25, 0.3) is 0 Å². The Bertz CT molecular complexity index is 156. The van der Waals surface area contributed by atoms with Gasteiger partial charge in [0.25, 0.3) is 0 Å². The van der Waals surface area contributed by atoms with E-state index < -0.39 is 0 Å². The normalized spacial score (nSPS) is 34.5. The van der Waals surface area contributed by atoms with Crippen LogP contribution < -0.4 is 0 Å². The first-order chi connectivity index (χ1) is 6.30. The van der Waals surface area contributed by atoms with E-state index in [-0.39, 0.29) is 6.10 Å². The average molecular weight is 184 g/mol. The molecule has 0 aromatic carbocycles. The predicted molar refractivity (Wildman–Crippen MR) is 52.6 cm³/mol. The minimum Gasteiger partial charge on any atom is -0.368 e. The maximum absolute atomic E-state index is 10.6. The van der Waals surface area contributed by atoms with Crippen LogP contribution in [-0.2, 0) is 9.53 Å². The highest BCUT2D eigenvalue weighted by Gasteiger charge is 2.27. The van der Waals surface area contributed by atoms with Crippen molar-refractivity contribution in [3.63, 3.8) is 0 Å². The summed E-state index contributed by atoms with van der Waals surface area (Å²) in [6.07, 6.45) is 6.73. The van der Waals surface area contributed by atoms with Crippen molar-refractivity contribution in [1.82, 2.24) is 0 Å². The molecular formula is C11H20O2. The number of carbonyl (C=O) groups excluding carboxylic acids is 1. The van der Waals surface area contributed by atoms with Crippen LogP contribution in [0.4, 0.5) is 0 Å². The lowest BCUT2D eigenvalue weighted by atomic mass is 9.88. The van der Waals surface area contributed by atoms with E-state index in [1.165, 1.54) is 12.8 Å². The standard InChI is InChI=1S/C11H20O2/c1-3-5-9-6-10(4-2)13-11(7-9)8-12/h8-11H,3-7H2,1-2H3. The summed E-state index contributed by atoms with van der Waals surface area (Å²) in [5.41, 5.74) is 0. The van der Waals surface area contributed by atoms with Gasteiger partial charge in [-0.3, -0.25) is 0 Å². The molecule has 0 aromatic rings. The SMILES string of the molecule is CCCC1CC(C=O)OC(CC)C1. The molecule has 1 heterocycles. The van der Waals surface area contributed by atoms with E-state index in [1.807, 2.05) is 0 Å². The van der Waals surface area contributed by atoms with Crippen molar-refractivity contribution < 1.29 is 9.53 Å². The highest BCUT2D eigenvalue weighted by atomic mass is 16.5. The monoisotopic (exact) mass is 184 g/mol. The third-order valence-electron chi connectivity index (χ3n) is 2.83. The van der Waals surface area contributed by atoms with Crippen LogP contribution in [0.1, 0.15) is 46.0 Å². The summed E-state index contributed by atoms with van der Waals surface area (Å²) in [5.74, 6) is 0.707. The molecule has 0 spiro atoms. The largest absolute Gasteiger partial charge is 0.368 e. The molecule has 1 aliphatic heterocycles. The van der Waals surface area contributed by atoms with Gasteiger partial charge < -0.3 is 9.53 Å². The molecular weight excluding hydrogens is 164 g/mol. The summed E-state index contributed by atoms with van der Waals surface area (Å²) in [5, 5.41) is 0. The van der Waals surface area contributed by atoms with Gasteiger partial charge >= 0.3 is 0 Å². The topological polar surface area (TPSA) is 26.3 Å². The van der Waals surface area contributed by atoms with Crippen LogP contribution in [0.2, 0.25) is 0 Å². The molecule has 1 aliphatic rings. The molecule has 1 fully saturated rings.